The Bertz CT molecular complexity index is 1530. The van der Waals surface area contributed by atoms with E-state index in [1.54, 1.807) is 13.3 Å². The highest BCUT2D eigenvalue weighted by molar-refractivity contribution is 5.86. The van der Waals surface area contributed by atoms with E-state index >= 15 is 0 Å². The zero-order valence-electron chi connectivity index (χ0n) is 23.0. The van der Waals surface area contributed by atoms with Crippen molar-refractivity contribution in [1.82, 2.24) is 14.9 Å². The highest BCUT2D eigenvalue weighted by Gasteiger charge is 2.23. The van der Waals surface area contributed by atoms with Gasteiger partial charge in [-0.1, -0.05) is 48.5 Å². The molecule has 40 heavy (non-hydrogen) atoms. The molecule has 2 heterocycles. The quantitative estimate of drug-likeness (QED) is 0.202. The van der Waals surface area contributed by atoms with Crippen molar-refractivity contribution in [3.05, 3.63) is 126 Å². The maximum atomic E-state index is 13.3. The molecule has 0 aliphatic carbocycles. The average Bonchev–Trinajstić information content (AvgIpc) is 3.35. The third kappa shape index (κ3) is 6.52. The first-order valence-electron chi connectivity index (χ1n) is 13.7. The molecule has 0 radical (unpaired) electrons. The van der Waals surface area contributed by atoms with Crippen LogP contribution in [0.3, 0.4) is 0 Å². The maximum Gasteiger partial charge on any atom is 0.220 e. The van der Waals surface area contributed by atoms with Crippen LogP contribution in [0, 0.1) is 0 Å². The molecular weight excluding hydrogens is 498 g/mol. The minimum atomic E-state index is -0.118. The van der Waals surface area contributed by atoms with Gasteiger partial charge in [0.1, 0.15) is 11.5 Å². The molecule has 1 amide bonds. The Labute approximate surface area is 235 Å². The van der Waals surface area contributed by atoms with E-state index in [0.717, 1.165) is 45.8 Å². The van der Waals surface area contributed by atoms with E-state index in [4.69, 9.17) is 9.47 Å². The van der Waals surface area contributed by atoms with Crippen LogP contribution in [-0.2, 0) is 17.8 Å². The van der Waals surface area contributed by atoms with E-state index < -0.39 is 0 Å². The molecule has 6 heteroatoms. The molecule has 0 saturated heterocycles. The maximum absolute atomic E-state index is 13.3. The Morgan fingerprint density at radius 1 is 0.925 bits per heavy atom. The monoisotopic (exact) mass is 533 g/mol. The van der Waals surface area contributed by atoms with E-state index in [1.165, 1.54) is 5.56 Å². The Morgan fingerprint density at radius 3 is 2.40 bits per heavy atom. The minimum absolute atomic E-state index is 0.0156. The molecule has 1 atom stereocenters. The molecule has 0 bridgehead atoms. The number of amides is 1. The fraction of sp³-hybridized carbons (Fsp3) is 0.235. The van der Waals surface area contributed by atoms with E-state index in [0.29, 0.717) is 26.0 Å². The van der Waals surface area contributed by atoms with Crippen LogP contribution < -0.4 is 14.8 Å². The summed E-state index contributed by atoms with van der Waals surface area (Å²) in [5.41, 5.74) is 5.49. The zero-order valence-corrected chi connectivity index (χ0v) is 23.0. The Morgan fingerprint density at radius 2 is 1.68 bits per heavy atom. The molecule has 3 aromatic carbocycles. The van der Waals surface area contributed by atoms with Gasteiger partial charge in [0.25, 0.3) is 0 Å². The smallest absolute Gasteiger partial charge is 0.220 e. The number of carbonyl (C=O) groups excluding carboxylic acids is 1. The van der Waals surface area contributed by atoms with Crippen LogP contribution in [0.5, 0.6) is 11.5 Å². The first kappa shape index (κ1) is 27.0. The van der Waals surface area contributed by atoms with Crippen molar-refractivity contribution in [1.29, 1.82) is 0 Å². The topological polar surface area (TPSA) is 65.4 Å². The van der Waals surface area contributed by atoms with Gasteiger partial charge in [-0.2, -0.15) is 0 Å². The van der Waals surface area contributed by atoms with Gasteiger partial charge in [-0.05, 0) is 66.1 Å². The number of rotatable bonds is 12. The third-order valence-corrected chi connectivity index (χ3v) is 7.12. The van der Waals surface area contributed by atoms with Gasteiger partial charge < -0.3 is 19.4 Å². The van der Waals surface area contributed by atoms with Crippen LogP contribution in [-0.4, -0.2) is 35.7 Å². The molecule has 0 spiro atoms. The molecule has 6 nitrogen and oxygen atoms in total. The van der Waals surface area contributed by atoms with Gasteiger partial charge in [0.2, 0.25) is 5.91 Å². The van der Waals surface area contributed by atoms with Crippen LogP contribution in [0.1, 0.15) is 41.6 Å². The predicted octanol–water partition coefficient (Wildman–Crippen LogP) is 6.37. The predicted molar refractivity (Wildman–Crippen MR) is 159 cm³/mol. The summed E-state index contributed by atoms with van der Waals surface area (Å²) in [4.78, 5) is 17.6. The second kappa shape index (κ2) is 13.0. The standard InChI is InChI=1S/C34H35N3O3/c1-3-40-29-17-13-26(14-18-29)31(22-34(38)36-21-19-27-8-6-7-20-35-27)32-24-37(33-10-5-4-9-30(32)33)23-25-11-15-28(39-2)16-12-25/h4-18,20,24,31H,3,19,21-23H2,1-2H3,(H,36,38). The number of nitrogens with zero attached hydrogens (tertiary/aromatic N) is 2. The lowest BCUT2D eigenvalue weighted by Crippen LogP contribution is -2.27. The lowest BCUT2D eigenvalue weighted by atomic mass is 9.88. The van der Waals surface area contributed by atoms with Crippen LogP contribution in [0.2, 0.25) is 0 Å². The number of pyridine rings is 1. The summed E-state index contributed by atoms with van der Waals surface area (Å²) in [6.45, 7) is 3.85. The van der Waals surface area contributed by atoms with Gasteiger partial charge in [-0.25, -0.2) is 0 Å². The van der Waals surface area contributed by atoms with Crippen molar-refractivity contribution in [3.63, 3.8) is 0 Å². The van der Waals surface area contributed by atoms with Crippen molar-refractivity contribution >= 4 is 16.8 Å². The number of hydrogen-bond acceptors (Lipinski definition) is 4. The Hall–Kier alpha value is -4.58. The van der Waals surface area contributed by atoms with Gasteiger partial charge in [-0.3, -0.25) is 9.78 Å². The van der Waals surface area contributed by atoms with E-state index in [2.05, 4.69) is 69.6 Å². The van der Waals surface area contributed by atoms with Crippen molar-refractivity contribution < 1.29 is 14.3 Å². The molecule has 0 saturated carbocycles. The van der Waals surface area contributed by atoms with Crippen molar-refractivity contribution in [3.8, 4) is 11.5 Å². The van der Waals surface area contributed by atoms with Crippen molar-refractivity contribution in [2.24, 2.45) is 0 Å². The molecule has 5 rings (SSSR count). The second-order valence-electron chi connectivity index (χ2n) is 9.76. The zero-order chi connectivity index (χ0) is 27.7. The molecule has 0 fully saturated rings. The van der Waals surface area contributed by atoms with Gasteiger partial charge in [0.15, 0.2) is 0 Å². The van der Waals surface area contributed by atoms with E-state index in [9.17, 15) is 4.79 Å². The highest BCUT2D eigenvalue weighted by Crippen LogP contribution is 2.36. The third-order valence-electron chi connectivity index (χ3n) is 7.12. The second-order valence-corrected chi connectivity index (χ2v) is 9.76. The number of ether oxygens (including phenoxy) is 2. The largest absolute Gasteiger partial charge is 0.497 e. The number of methoxy groups -OCH3 is 1. The van der Waals surface area contributed by atoms with Crippen LogP contribution in [0.25, 0.3) is 10.9 Å². The number of aromatic nitrogens is 2. The Balaban J connectivity index is 1.44. The normalized spacial score (nSPS) is 11.8. The van der Waals surface area contributed by atoms with Gasteiger partial charge in [0, 0.05) is 60.8 Å². The molecule has 204 valence electrons. The summed E-state index contributed by atoms with van der Waals surface area (Å²) in [5.74, 6) is 1.56. The fourth-order valence-electron chi connectivity index (χ4n) is 5.12. The molecule has 1 unspecified atom stereocenters. The first-order chi connectivity index (χ1) is 19.6. The lowest BCUT2D eigenvalue weighted by molar-refractivity contribution is -0.121. The van der Waals surface area contributed by atoms with Gasteiger partial charge >= 0.3 is 0 Å². The van der Waals surface area contributed by atoms with Gasteiger partial charge in [-0.15, -0.1) is 0 Å². The summed E-state index contributed by atoms with van der Waals surface area (Å²) < 4.78 is 13.3. The molecule has 5 aromatic rings. The number of para-hydroxylation sites is 1. The fourth-order valence-corrected chi connectivity index (χ4v) is 5.12. The molecule has 1 N–H and O–H groups in total. The van der Waals surface area contributed by atoms with Crippen LogP contribution in [0.15, 0.2) is 103 Å². The highest BCUT2D eigenvalue weighted by atomic mass is 16.5. The van der Waals surface area contributed by atoms with Crippen LogP contribution >= 0.6 is 0 Å². The van der Waals surface area contributed by atoms with Crippen molar-refractivity contribution in [2.45, 2.75) is 32.2 Å². The van der Waals surface area contributed by atoms with Crippen molar-refractivity contribution in [2.75, 3.05) is 20.3 Å². The summed E-state index contributed by atoms with van der Waals surface area (Å²) >= 11 is 0. The molecule has 2 aromatic heterocycles. The summed E-state index contributed by atoms with van der Waals surface area (Å²) in [7, 11) is 1.68. The summed E-state index contributed by atoms with van der Waals surface area (Å²) in [6.07, 6.45) is 5.02. The van der Waals surface area contributed by atoms with Crippen LogP contribution in [0.4, 0.5) is 0 Å². The van der Waals surface area contributed by atoms with E-state index in [1.807, 2.05) is 49.4 Å². The first-order valence-corrected chi connectivity index (χ1v) is 13.7. The molecular formula is C34H35N3O3. The lowest BCUT2D eigenvalue weighted by Gasteiger charge is -2.18. The average molecular weight is 534 g/mol. The molecule has 0 aliphatic heterocycles. The van der Waals surface area contributed by atoms with Gasteiger partial charge in [0.05, 0.1) is 13.7 Å². The van der Waals surface area contributed by atoms with E-state index in [-0.39, 0.29) is 11.8 Å². The Kier molecular flexibility index (Phi) is 8.76. The molecule has 0 aliphatic rings. The summed E-state index contributed by atoms with van der Waals surface area (Å²) in [5, 5.41) is 4.27. The number of carbonyl (C=O) groups is 1. The minimum Gasteiger partial charge on any atom is -0.497 e. The number of benzene rings is 3. The number of hydrogen-bond donors (Lipinski definition) is 1. The SMILES string of the molecule is CCOc1ccc(C(CC(=O)NCCc2ccccn2)c2cn(Cc3ccc(OC)cc3)c3ccccc23)cc1. The summed E-state index contributed by atoms with van der Waals surface area (Å²) in [6, 6.07) is 30.5. The number of fused-ring (bicyclic) bond motifs is 1. The number of nitrogens with one attached hydrogen (secondary N) is 1.